The van der Waals surface area contributed by atoms with Gasteiger partial charge in [0.1, 0.15) is 0 Å². The molecule has 4 rings (SSSR count). The molecule has 1 unspecified atom stereocenters. The molecule has 0 radical (unpaired) electrons. The van der Waals surface area contributed by atoms with E-state index in [0.29, 0.717) is 0 Å². The van der Waals surface area contributed by atoms with E-state index in [0.717, 1.165) is 18.4 Å². The van der Waals surface area contributed by atoms with Crippen LogP contribution in [0.4, 0.5) is 0 Å². The number of aromatic nitrogens is 1. The van der Waals surface area contributed by atoms with Crippen molar-refractivity contribution in [2.75, 3.05) is 0 Å². The number of fused-ring (bicyclic) bond motifs is 2. The first-order valence-electron chi connectivity index (χ1n) is 7.05. The van der Waals surface area contributed by atoms with Crippen LogP contribution in [-0.4, -0.2) is 4.98 Å². The normalized spacial score (nSPS) is 17.4. The van der Waals surface area contributed by atoms with Gasteiger partial charge in [0, 0.05) is 23.2 Å². The molecule has 1 aliphatic carbocycles. The summed E-state index contributed by atoms with van der Waals surface area (Å²) >= 11 is 0. The number of rotatable bonds is 1. The van der Waals surface area contributed by atoms with Gasteiger partial charge in [-0.25, -0.2) is 0 Å². The summed E-state index contributed by atoms with van der Waals surface area (Å²) in [5.74, 6) is 0. The molecule has 1 heterocycles. The second kappa shape index (κ2) is 4.43. The molecule has 0 saturated heterocycles. The molecule has 0 bridgehead atoms. The molecule has 2 heteroatoms. The lowest BCUT2D eigenvalue weighted by atomic mass is 10.00. The van der Waals surface area contributed by atoms with Gasteiger partial charge < -0.3 is 5.73 Å². The SMILES string of the molecule is NC1CCc2cc(-c3cnc4ccccc4c3)ccc21. The third kappa shape index (κ3) is 1.81. The molecule has 2 N–H and O–H groups in total. The Balaban J connectivity index is 1.83. The Morgan fingerprint density at radius 1 is 1.00 bits per heavy atom. The lowest BCUT2D eigenvalue weighted by Gasteiger charge is -2.08. The molecule has 3 aromatic rings. The monoisotopic (exact) mass is 260 g/mol. The molecule has 1 aliphatic rings. The first-order chi connectivity index (χ1) is 9.81. The molecule has 2 nitrogen and oxygen atoms in total. The Morgan fingerprint density at radius 3 is 2.85 bits per heavy atom. The van der Waals surface area contributed by atoms with Crippen LogP contribution in [0.1, 0.15) is 23.6 Å². The summed E-state index contributed by atoms with van der Waals surface area (Å²) in [7, 11) is 0. The fourth-order valence-corrected chi connectivity index (χ4v) is 3.06. The quantitative estimate of drug-likeness (QED) is 0.721. The lowest BCUT2D eigenvalue weighted by Crippen LogP contribution is -2.04. The zero-order valence-corrected chi connectivity index (χ0v) is 11.2. The van der Waals surface area contributed by atoms with E-state index in [4.69, 9.17) is 5.73 Å². The van der Waals surface area contributed by atoms with Gasteiger partial charge in [-0.2, -0.15) is 0 Å². The number of hydrogen-bond donors (Lipinski definition) is 1. The molecule has 1 aromatic heterocycles. The van der Waals surface area contributed by atoms with E-state index in [1.165, 1.54) is 27.6 Å². The number of nitrogens with zero attached hydrogens (tertiary/aromatic N) is 1. The van der Waals surface area contributed by atoms with Crippen molar-refractivity contribution in [3.8, 4) is 11.1 Å². The minimum atomic E-state index is 0.216. The van der Waals surface area contributed by atoms with Gasteiger partial charge in [0.25, 0.3) is 0 Å². The predicted molar refractivity (Wildman–Crippen MR) is 82.4 cm³/mol. The van der Waals surface area contributed by atoms with Crippen LogP contribution in [0, 0.1) is 0 Å². The van der Waals surface area contributed by atoms with Crippen LogP contribution in [0.15, 0.2) is 54.7 Å². The summed E-state index contributed by atoms with van der Waals surface area (Å²) in [4.78, 5) is 4.54. The van der Waals surface area contributed by atoms with Gasteiger partial charge in [0.2, 0.25) is 0 Å². The zero-order valence-electron chi connectivity index (χ0n) is 11.2. The van der Waals surface area contributed by atoms with E-state index >= 15 is 0 Å². The van der Waals surface area contributed by atoms with Gasteiger partial charge in [-0.1, -0.05) is 36.4 Å². The maximum absolute atomic E-state index is 6.10. The molecule has 0 spiro atoms. The fraction of sp³-hybridized carbons (Fsp3) is 0.167. The van der Waals surface area contributed by atoms with Crippen LogP contribution in [0.3, 0.4) is 0 Å². The van der Waals surface area contributed by atoms with Crippen molar-refractivity contribution in [3.63, 3.8) is 0 Å². The Bertz CT molecular complexity index is 792. The summed E-state index contributed by atoms with van der Waals surface area (Å²) < 4.78 is 0. The van der Waals surface area contributed by atoms with Crippen molar-refractivity contribution < 1.29 is 0 Å². The highest BCUT2D eigenvalue weighted by Gasteiger charge is 2.19. The molecular formula is C18H16N2. The number of pyridine rings is 1. The van der Waals surface area contributed by atoms with Crippen LogP contribution in [-0.2, 0) is 6.42 Å². The van der Waals surface area contributed by atoms with Gasteiger partial charge in [-0.05, 0) is 41.7 Å². The summed E-state index contributed by atoms with van der Waals surface area (Å²) in [5, 5.41) is 1.18. The molecule has 0 aliphatic heterocycles. The van der Waals surface area contributed by atoms with Gasteiger partial charge in [0.15, 0.2) is 0 Å². The van der Waals surface area contributed by atoms with Gasteiger partial charge >= 0.3 is 0 Å². The average molecular weight is 260 g/mol. The van der Waals surface area contributed by atoms with Gasteiger partial charge in [0.05, 0.1) is 5.52 Å². The van der Waals surface area contributed by atoms with Crippen LogP contribution < -0.4 is 5.73 Å². The standard InChI is InChI=1S/C18H16N2/c19-17-8-6-13-9-12(5-7-16(13)17)15-10-14-3-1-2-4-18(14)20-11-15/h1-5,7,9-11,17H,6,8,19H2. The summed E-state index contributed by atoms with van der Waals surface area (Å²) in [6.07, 6.45) is 4.11. The van der Waals surface area contributed by atoms with E-state index in [-0.39, 0.29) is 6.04 Å². The fourth-order valence-electron chi connectivity index (χ4n) is 3.06. The highest BCUT2D eigenvalue weighted by atomic mass is 14.7. The van der Waals surface area contributed by atoms with Crippen molar-refractivity contribution in [2.45, 2.75) is 18.9 Å². The lowest BCUT2D eigenvalue weighted by molar-refractivity contribution is 0.713. The molecule has 1 atom stereocenters. The van der Waals surface area contributed by atoms with E-state index < -0.39 is 0 Å². The van der Waals surface area contributed by atoms with Crippen molar-refractivity contribution in [1.82, 2.24) is 4.98 Å². The predicted octanol–water partition coefficient (Wildman–Crippen LogP) is 3.85. The second-order valence-electron chi connectivity index (χ2n) is 5.48. The summed E-state index contributed by atoms with van der Waals surface area (Å²) in [5.41, 5.74) is 12.2. The van der Waals surface area contributed by atoms with Crippen molar-refractivity contribution in [3.05, 3.63) is 65.9 Å². The smallest absolute Gasteiger partial charge is 0.0702 e. The highest BCUT2D eigenvalue weighted by Crippen LogP contribution is 2.33. The van der Waals surface area contributed by atoms with Crippen molar-refractivity contribution in [1.29, 1.82) is 0 Å². The minimum Gasteiger partial charge on any atom is -0.324 e. The van der Waals surface area contributed by atoms with E-state index in [1.807, 2.05) is 18.3 Å². The Hall–Kier alpha value is -2.19. The van der Waals surface area contributed by atoms with Gasteiger partial charge in [-0.15, -0.1) is 0 Å². The third-order valence-corrected chi connectivity index (χ3v) is 4.19. The minimum absolute atomic E-state index is 0.216. The first kappa shape index (κ1) is 11.6. The van der Waals surface area contributed by atoms with Crippen LogP contribution in [0.25, 0.3) is 22.0 Å². The van der Waals surface area contributed by atoms with Crippen LogP contribution in [0.2, 0.25) is 0 Å². The molecule has 98 valence electrons. The van der Waals surface area contributed by atoms with Gasteiger partial charge in [-0.3, -0.25) is 4.98 Å². The first-order valence-corrected chi connectivity index (χ1v) is 7.05. The number of hydrogen-bond acceptors (Lipinski definition) is 2. The zero-order chi connectivity index (χ0) is 13.5. The number of para-hydroxylation sites is 1. The number of nitrogens with two attached hydrogens (primary N) is 1. The van der Waals surface area contributed by atoms with E-state index in [2.05, 4.69) is 41.4 Å². The molecule has 0 fully saturated rings. The molecule has 2 aromatic carbocycles. The molecule has 0 saturated carbocycles. The van der Waals surface area contributed by atoms with Crippen LogP contribution in [0.5, 0.6) is 0 Å². The van der Waals surface area contributed by atoms with Crippen molar-refractivity contribution in [2.24, 2.45) is 5.73 Å². The van der Waals surface area contributed by atoms with Crippen LogP contribution >= 0.6 is 0 Å². The Kier molecular flexibility index (Phi) is 2.57. The largest absolute Gasteiger partial charge is 0.324 e. The Morgan fingerprint density at radius 2 is 1.90 bits per heavy atom. The molecule has 20 heavy (non-hydrogen) atoms. The number of benzene rings is 2. The average Bonchev–Trinajstić information content (AvgIpc) is 2.88. The number of aryl methyl sites for hydroxylation is 1. The molecular weight excluding hydrogens is 244 g/mol. The summed E-state index contributed by atoms with van der Waals surface area (Å²) in [6.45, 7) is 0. The van der Waals surface area contributed by atoms with E-state index in [1.54, 1.807) is 0 Å². The highest BCUT2D eigenvalue weighted by molar-refractivity contribution is 5.83. The van der Waals surface area contributed by atoms with E-state index in [9.17, 15) is 0 Å². The molecule has 0 amide bonds. The summed E-state index contributed by atoms with van der Waals surface area (Å²) in [6, 6.07) is 17.3. The maximum atomic E-state index is 6.10. The third-order valence-electron chi connectivity index (χ3n) is 4.19. The Labute approximate surface area is 118 Å². The van der Waals surface area contributed by atoms with Crippen molar-refractivity contribution >= 4 is 10.9 Å². The topological polar surface area (TPSA) is 38.9 Å². The maximum Gasteiger partial charge on any atom is 0.0702 e. The second-order valence-corrected chi connectivity index (χ2v) is 5.48.